The van der Waals surface area contributed by atoms with Crippen LogP contribution in [0.3, 0.4) is 0 Å². The van der Waals surface area contributed by atoms with Gasteiger partial charge in [0.25, 0.3) is 0 Å². The molecule has 4 heteroatoms. The van der Waals surface area contributed by atoms with E-state index in [1.807, 2.05) is 0 Å². The van der Waals surface area contributed by atoms with Crippen molar-refractivity contribution in [3.63, 3.8) is 0 Å². The van der Waals surface area contributed by atoms with Gasteiger partial charge < -0.3 is 10.1 Å². The predicted molar refractivity (Wildman–Crippen MR) is 53.4 cm³/mol. The second kappa shape index (κ2) is 4.26. The van der Waals surface area contributed by atoms with Crippen molar-refractivity contribution in [1.29, 1.82) is 0 Å². The third-order valence-electron chi connectivity index (χ3n) is 2.07. The fourth-order valence-corrected chi connectivity index (χ4v) is 1.33. The van der Waals surface area contributed by atoms with Crippen LogP contribution in [-0.2, 0) is 6.42 Å². The number of aromatic carboxylic acids is 1. The van der Waals surface area contributed by atoms with Crippen LogP contribution in [0.2, 0.25) is 0 Å². The van der Waals surface area contributed by atoms with Crippen molar-refractivity contribution in [2.45, 2.75) is 33.6 Å². The van der Waals surface area contributed by atoms with E-state index in [9.17, 15) is 4.79 Å². The zero-order valence-corrected chi connectivity index (χ0v) is 8.79. The first kappa shape index (κ1) is 10.8. The molecule has 1 aromatic heterocycles. The summed E-state index contributed by atoms with van der Waals surface area (Å²) < 4.78 is 0. The summed E-state index contributed by atoms with van der Waals surface area (Å²) >= 11 is 0. The van der Waals surface area contributed by atoms with E-state index in [1.165, 1.54) is 0 Å². The molecule has 0 amide bonds. The van der Waals surface area contributed by atoms with Crippen LogP contribution >= 0.6 is 0 Å². The van der Waals surface area contributed by atoms with Crippen molar-refractivity contribution in [1.82, 2.24) is 9.97 Å². The Balaban J connectivity index is 2.79. The largest absolute Gasteiger partial charge is 0.476 e. The molecular weight excluding hydrogens is 180 g/mol. The molecule has 0 bridgehead atoms. The van der Waals surface area contributed by atoms with E-state index in [4.69, 9.17) is 5.11 Å². The van der Waals surface area contributed by atoms with E-state index in [2.05, 4.69) is 23.8 Å². The maximum Gasteiger partial charge on any atom is 0.356 e. The minimum atomic E-state index is -0.951. The summed E-state index contributed by atoms with van der Waals surface area (Å²) in [5, 5.41) is 8.86. The second-order valence-corrected chi connectivity index (χ2v) is 3.89. The number of aromatic amines is 1. The van der Waals surface area contributed by atoms with Crippen molar-refractivity contribution < 1.29 is 9.90 Å². The van der Waals surface area contributed by atoms with E-state index in [1.54, 1.807) is 6.92 Å². The average Bonchev–Trinajstić information content (AvgIpc) is 2.43. The Morgan fingerprint density at radius 1 is 1.57 bits per heavy atom. The average molecular weight is 196 g/mol. The zero-order chi connectivity index (χ0) is 10.7. The number of nitrogens with zero attached hydrogens (tertiary/aromatic N) is 1. The summed E-state index contributed by atoms with van der Waals surface area (Å²) in [5.74, 6) is 0.287. The molecule has 0 saturated heterocycles. The standard InChI is InChI=1S/C10H16N2O2/c1-6(2)4-5-8-9(10(13)14)12-7(3)11-8/h6H,4-5H2,1-3H3,(H,11,12)(H,13,14). The first-order valence-electron chi connectivity index (χ1n) is 4.79. The third-order valence-corrected chi connectivity index (χ3v) is 2.07. The highest BCUT2D eigenvalue weighted by atomic mass is 16.4. The maximum atomic E-state index is 10.8. The van der Waals surface area contributed by atoms with Gasteiger partial charge in [0.1, 0.15) is 5.82 Å². The molecule has 0 saturated carbocycles. The van der Waals surface area contributed by atoms with Crippen LogP contribution in [0.1, 0.15) is 42.3 Å². The number of rotatable bonds is 4. The summed E-state index contributed by atoms with van der Waals surface area (Å²) in [7, 11) is 0. The Hall–Kier alpha value is -1.32. The van der Waals surface area contributed by atoms with E-state index >= 15 is 0 Å². The Morgan fingerprint density at radius 2 is 2.21 bits per heavy atom. The number of H-pyrrole nitrogens is 1. The topological polar surface area (TPSA) is 66.0 Å². The summed E-state index contributed by atoms with van der Waals surface area (Å²) in [5.41, 5.74) is 0.909. The number of carbonyl (C=O) groups is 1. The molecule has 1 rings (SSSR count). The molecule has 2 N–H and O–H groups in total. The molecule has 0 radical (unpaired) electrons. The van der Waals surface area contributed by atoms with Gasteiger partial charge in [-0.25, -0.2) is 9.78 Å². The smallest absolute Gasteiger partial charge is 0.356 e. The van der Waals surface area contributed by atoms with Crippen LogP contribution < -0.4 is 0 Å². The highest BCUT2D eigenvalue weighted by molar-refractivity contribution is 5.86. The lowest BCUT2D eigenvalue weighted by molar-refractivity contribution is 0.0689. The highest BCUT2D eigenvalue weighted by Crippen LogP contribution is 2.11. The Kier molecular flexibility index (Phi) is 3.28. The molecule has 0 atom stereocenters. The molecule has 0 aliphatic heterocycles. The van der Waals surface area contributed by atoms with Crippen LogP contribution in [0, 0.1) is 12.8 Å². The minimum Gasteiger partial charge on any atom is -0.476 e. The first-order chi connectivity index (χ1) is 6.50. The lowest BCUT2D eigenvalue weighted by Crippen LogP contribution is -2.03. The Labute approximate surface area is 83.4 Å². The van der Waals surface area contributed by atoms with Gasteiger partial charge in [-0.2, -0.15) is 0 Å². The third kappa shape index (κ3) is 2.58. The fraction of sp³-hybridized carbons (Fsp3) is 0.600. The molecule has 78 valence electrons. The van der Waals surface area contributed by atoms with Gasteiger partial charge in [0.2, 0.25) is 0 Å². The Bertz CT molecular complexity index is 329. The summed E-state index contributed by atoms with van der Waals surface area (Å²) in [6.07, 6.45) is 1.72. The fourth-order valence-electron chi connectivity index (χ4n) is 1.33. The van der Waals surface area contributed by atoms with Crippen LogP contribution in [0.4, 0.5) is 0 Å². The van der Waals surface area contributed by atoms with E-state index in [0.717, 1.165) is 18.5 Å². The van der Waals surface area contributed by atoms with Crippen LogP contribution in [-0.4, -0.2) is 21.0 Å². The summed E-state index contributed by atoms with van der Waals surface area (Å²) in [6, 6.07) is 0. The van der Waals surface area contributed by atoms with Crippen LogP contribution in [0.15, 0.2) is 0 Å². The highest BCUT2D eigenvalue weighted by Gasteiger charge is 2.14. The zero-order valence-electron chi connectivity index (χ0n) is 8.79. The summed E-state index contributed by atoms with van der Waals surface area (Å²) in [4.78, 5) is 17.7. The van der Waals surface area contributed by atoms with Gasteiger partial charge in [-0.05, 0) is 25.7 Å². The molecular formula is C10H16N2O2. The van der Waals surface area contributed by atoms with Crippen molar-refractivity contribution in [2.75, 3.05) is 0 Å². The molecule has 1 aromatic rings. The van der Waals surface area contributed by atoms with Gasteiger partial charge in [-0.1, -0.05) is 13.8 Å². The maximum absolute atomic E-state index is 10.8. The SMILES string of the molecule is Cc1nc(C(=O)O)c(CCC(C)C)[nH]1. The normalized spacial score (nSPS) is 10.9. The number of hydrogen-bond donors (Lipinski definition) is 2. The molecule has 1 heterocycles. The number of carboxylic acids is 1. The molecule has 0 aromatic carbocycles. The molecule has 4 nitrogen and oxygen atoms in total. The van der Waals surface area contributed by atoms with Crippen molar-refractivity contribution in [2.24, 2.45) is 5.92 Å². The lowest BCUT2D eigenvalue weighted by Gasteiger charge is -2.02. The number of hydrogen-bond acceptors (Lipinski definition) is 2. The van der Waals surface area contributed by atoms with Gasteiger partial charge in [-0.15, -0.1) is 0 Å². The molecule has 0 aliphatic carbocycles. The van der Waals surface area contributed by atoms with Crippen molar-refractivity contribution >= 4 is 5.97 Å². The van der Waals surface area contributed by atoms with Crippen molar-refractivity contribution in [3.8, 4) is 0 Å². The Morgan fingerprint density at radius 3 is 2.71 bits per heavy atom. The predicted octanol–water partition coefficient (Wildman–Crippen LogP) is 2.00. The van der Waals surface area contributed by atoms with Gasteiger partial charge in [0.05, 0.1) is 0 Å². The van der Waals surface area contributed by atoms with E-state index in [0.29, 0.717) is 11.7 Å². The molecule has 0 unspecified atom stereocenters. The lowest BCUT2D eigenvalue weighted by atomic mass is 10.1. The second-order valence-electron chi connectivity index (χ2n) is 3.89. The van der Waals surface area contributed by atoms with Gasteiger partial charge >= 0.3 is 5.97 Å². The molecule has 0 spiro atoms. The molecule has 0 fully saturated rings. The quantitative estimate of drug-likeness (QED) is 0.774. The van der Waals surface area contributed by atoms with Gasteiger partial charge in [-0.3, -0.25) is 0 Å². The number of nitrogens with one attached hydrogen (secondary N) is 1. The minimum absolute atomic E-state index is 0.170. The van der Waals surface area contributed by atoms with E-state index < -0.39 is 5.97 Å². The number of aromatic nitrogens is 2. The summed E-state index contributed by atoms with van der Waals surface area (Å²) in [6.45, 7) is 6.00. The number of imidazole rings is 1. The van der Waals surface area contributed by atoms with Crippen LogP contribution in [0.5, 0.6) is 0 Å². The van der Waals surface area contributed by atoms with Crippen molar-refractivity contribution in [3.05, 3.63) is 17.2 Å². The number of aryl methyl sites for hydroxylation is 2. The van der Waals surface area contributed by atoms with Crippen LogP contribution in [0.25, 0.3) is 0 Å². The number of carboxylic acid groups (broad SMARTS) is 1. The first-order valence-corrected chi connectivity index (χ1v) is 4.79. The molecule has 14 heavy (non-hydrogen) atoms. The van der Waals surface area contributed by atoms with Gasteiger partial charge in [0, 0.05) is 5.69 Å². The monoisotopic (exact) mass is 196 g/mol. The van der Waals surface area contributed by atoms with Gasteiger partial charge in [0.15, 0.2) is 5.69 Å². The molecule has 0 aliphatic rings. The van der Waals surface area contributed by atoms with E-state index in [-0.39, 0.29) is 5.69 Å².